The van der Waals surface area contributed by atoms with Gasteiger partial charge in [0.25, 0.3) is 0 Å². The van der Waals surface area contributed by atoms with E-state index < -0.39 is 35.8 Å². The zero-order valence-corrected chi connectivity index (χ0v) is 24.1. The average Bonchev–Trinajstić information content (AvgIpc) is 2.93. The summed E-state index contributed by atoms with van der Waals surface area (Å²) in [6.45, 7) is 9.66. The van der Waals surface area contributed by atoms with E-state index >= 15 is 0 Å². The second-order valence-electron chi connectivity index (χ2n) is 10.1. The number of nitrogens with zero attached hydrogens (tertiary/aromatic N) is 2. The van der Waals surface area contributed by atoms with Crippen LogP contribution in [-0.4, -0.2) is 65.3 Å². The number of amides is 4. The van der Waals surface area contributed by atoms with Gasteiger partial charge in [-0.1, -0.05) is 60.7 Å². The van der Waals surface area contributed by atoms with Crippen molar-refractivity contribution in [2.75, 3.05) is 19.6 Å². The number of alkyl carbamates (subject to hydrolysis) is 1. The van der Waals surface area contributed by atoms with Crippen molar-refractivity contribution in [1.29, 1.82) is 0 Å². The summed E-state index contributed by atoms with van der Waals surface area (Å²) in [7, 11) is 0. The summed E-state index contributed by atoms with van der Waals surface area (Å²) in [5, 5.41) is 2.57. The molecule has 0 aliphatic rings. The molecule has 0 aliphatic heterocycles. The van der Waals surface area contributed by atoms with Gasteiger partial charge in [0, 0.05) is 19.6 Å². The second-order valence-corrected chi connectivity index (χ2v) is 10.1. The first-order valence-electron chi connectivity index (χ1n) is 13.5. The Morgan fingerprint density at radius 1 is 0.825 bits per heavy atom. The smallest absolute Gasteiger partial charge is 0.418 e. The van der Waals surface area contributed by atoms with Gasteiger partial charge in [-0.25, -0.2) is 24.1 Å². The Morgan fingerprint density at radius 2 is 1.35 bits per heavy atom. The van der Waals surface area contributed by atoms with Crippen LogP contribution in [0.2, 0.25) is 0 Å². The minimum atomic E-state index is -1.06. The number of esters is 1. The number of hydrogen-bond acceptors (Lipinski definition) is 7. The molecule has 2 rings (SSSR count). The molecule has 1 atom stereocenters. The molecule has 218 valence electrons. The van der Waals surface area contributed by atoms with Crippen LogP contribution in [0.4, 0.5) is 14.4 Å². The Kier molecular flexibility index (Phi) is 13.0. The van der Waals surface area contributed by atoms with Crippen molar-refractivity contribution < 1.29 is 33.4 Å². The highest BCUT2D eigenvalue weighted by Crippen LogP contribution is 2.14. The molecule has 0 heterocycles. The lowest BCUT2D eigenvalue weighted by Crippen LogP contribution is -2.49. The first-order valence-corrected chi connectivity index (χ1v) is 13.5. The van der Waals surface area contributed by atoms with E-state index in [1.807, 2.05) is 74.5 Å². The van der Waals surface area contributed by atoms with Crippen LogP contribution < -0.4 is 5.32 Å². The first-order chi connectivity index (χ1) is 19.0. The summed E-state index contributed by atoms with van der Waals surface area (Å²) in [5.74, 6) is -0.653. The average molecular weight is 556 g/mol. The van der Waals surface area contributed by atoms with E-state index in [0.29, 0.717) is 13.1 Å². The fraction of sp³-hybridized carbons (Fsp3) is 0.467. The fourth-order valence-electron chi connectivity index (χ4n) is 3.69. The van der Waals surface area contributed by atoms with Crippen LogP contribution in [0.1, 0.15) is 58.6 Å². The normalized spacial score (nSPS) is 11.6. The molecule has 1 N–H and O–H groups in total. The number of hydrogen-bond donors (Lipinski definition) is 1. The zero-order chi connectivity index (χ0) is 29.5. The van der Waals surface area contributed by atoms with Crippen molar-refractivity contribution in [3.63, 3.8) is 0 Å². The maximum absolute atomic E-state index is 13.1. The Morgan fingerprint density at radius 3 is 1.85 bits per heavy atom. The summed E-state index contributed by atoms with van der Waals surface area (Å²) in [5.41, 5.74) is 0.790. The van der Waals surface area contributed by atoms with E-state index in [1.54, 1.807) is 20.8 Å². The minimum absolute atomic E-state index is 0.0204. The Balaban J connectivity index is 2.09. The molecule has 0 saturated carbocycles. The number of ether oxygens (including phenoxy) is 3. The standard InChI is InChI=1S/C30H41N3O7/c1-6-32(7-2)28(36)33(29(37)40-30(3,4)5)20-14-19-25(26(34)38-21-23-15-10-8-11-16-23)31-27(35)39-22-24-17-12-9-13-18-24/h8-13,15-18,25H,6-7,14,19-22H2,1-5H3,(H,31,35)/t25-/m0/s1. The van der Waals surface area contributed by atoms with Crippen LogP contribution in [0.15, 0.2) is 60.7 Å². The number of urea groups is 1. The van der Waals surface area contributed by atoms with E-state index in [-0.39, 0.29) is 32.6 Å². The predicted octanol–water partition coefficient (Wildman–Crippen LogP) is 5.50. The van der Waals surface area contributed by atoms with Crippen molar-refractivity contribution in [2.24, 2.45) is 0 Å². The van der Waals surface area contributed by atoms with E-state index in [9.17, 15) is 19.2 Å². The highest BCUT2D eigenvalue weighted by molar-refractivity contribution is 5.91. The maximum Gasteiger partial charge on any atom is 0.418 e. The largest absolute Gasteiger partial charge is 0.459 e. The molecule has 0 unspecified atom stereocenters. The van der Waals surface area contributed by atoms with Gasteiger partial charge in [0.1, 0.15) is 24.9 Å². The molecule has 10 heteroatoms. The molecule has 0 aliphatic carbocycles. The monoisotopic (exact) mass is 555 g/mol. The van der Waals surface area contributed by atoms with Crippen LogP contribution in [0.5, 0.6) is 0 Å². The number of nitrogens with one attached hydrogen (secondary N) is 1. The summed E-state index contributed by atoms with van der Waals surface area (Å²) in [4.78, 5) is 54.0. The third kappa shape index (κ3) is 11.3. The molecule has 0 saturated heterocycles. The van der Waals surface area contributed by atoms with E-state index in [0.717, 1.165) is 16.0 Å². The molecule has 40 heavy (non-hydrogen) atoms. The van der Waals surface area contributed by atoms with Crippen molar-refractivity contribution in [3.8, 4) is 0 Å². The molecule has 10 nitrogen and oxygen atoms in total. The lowest BCUT2D eigenvalue weighted by molar-refractivity contribution is -0.147. The Bertz CT molecular complexity index is 1080. The summed E-state index contributed by atoms with van der Waals surface area (Å²) >= 11 is 0. The van der Waals surface area contributed by atoms with Gasteiger partial charge in [-0.05, 0) is 58.6 Å². The highest BCUT2D eigenvalue weighted by atomic mass is 16.6. The van der Waals surface area contributed by atoms with E-state index in [4.69, 9.17) is 14.2 Å². The lowest BCUT2D eigenvalue weighted by Gasteiger charge is -2.30. The molecule has 0 spiro atoms. The Labute approximate surface area is 236 Å². The van der Waals surface area contributed by atoms with Crippen molar-refractivity contribution in [1.82, 2.24) is 15.1 Å². The quantitative estimate of drug-likeness (QED) is 0.272. The van der Waals surface area contributed by atoms with Gasteiger partial charge in [0.15, 0.2) is 0 Å². The van der Waals surface area contributed by atoms with E-state index in [1.165, 1.54) is 4.90 Å². The Hall–Kier alpha value is -4.08. The van der Waals surface area contributed by atoms with Gasteiger partial charge in [-0.2, -0.15) is 0 Å². The molecule has 0 aromatic heterocycles. The van der Waals surface area contributed by atoms with Crippen LogP contribution >= 0.6 is 0 Å². The van der Waals surface area contributed by atoms with Gasteiger partial charge < -0.3 is 24.4 Å². The number of imide groups is 1. The summed E-state index contributed by atoms with van der Waals surface area (Å²) < 4.78 is 16.2. The number of rotatable bonds is 12. The number of benzene rings is 2. The summed E-state index contributed by atoms with van der Waals surface area (Å²) in [6, 6.07) is 16.8. The molecule has 4 amide bonds. The molecule has 2 aromatic rings. The highest BCUT2D eigenvalue weighted by Gasteiger charge is 2.30. The van der Waals surface area contributed by atoms with Gasteiger partial charge in [0.05, 0.1) is 0 Å². The molecule has 2 aromatic carbocycles. The second kappa shape index (κ2) is 16.1. The van der Waals surface area contributed by atoms with Crippen molar-refractivity contribution in [3.05, 3.63) is 71.8 Å². The van der Waals surface area contributed by atoms with Crippen molar-refractivity contribution >= 4 is 24.2 Å². The lowest BCUT2D eigenvalue weighted by atomic mass is 10.1. The van der Waals surface area contributed by atoms with Gasteiger partial charge in [-0.15, -0.1) is 0 Å². The first kappa shape index (κ1) is 32.1. The third-order valence-electron chi connectivity index (χ3n) is 5.77. The molecular weight excluding hydrogens is 514 g/mol. The maximum atomic E-state index is 13.1. The number of carbonyl (C=O) groups excluding carboxylic acids is 4. The van der Waals surface area contributed by atoms with Crippen LogP contribution in [-0.2, 0) is 32.2 Å². The number of carbonyl (C=O) groups is 4. The van der Waals surface area contributed by atoms with E-state index in [2.05, 4.69) is 5.32 Å². The van der Waals surface area contributed by atoms with Gasteiger partial charge >= 0.3 is 24.2 Å². The molecular formula is C30H41N3O7. The molecule has 0 fully saturated rings. The predicted molar refractivity (Wildman–Crippen MR) is 150 cm³/mol. The zero-order valence-electron chi connectivity index (χ0n) is 24.1. The topological polar surface area (TPSA) is 114 Å². The summed E-state index contributed by atoms with van der Waals surface area (Å²) in [6.07, 6.45) is -1.26. The minimum Gasteiger partial charge on any atom is -0.459 e. The van der Waals surface area contributed by atoms with Crippen LogP contribution in [0.25, 0.3) is 0 Å². The fourth-order valence-corrected chi connectivity index (χ4v) is 3.69. The van der Waals surface area contributed by atoms with Crippen LogP contribution in [0, 0.1) is 0 Å². The SMILES string of the molecule is CCN(CC)C(=O)N(CCC[C@H](NC(=O)OCc1ccccc1)C(=O)OCc1ccccc1)C(=O)OC(C)(C)C. The van der Waals surface area contributed by atoms with Crippen LogP contribution in [0.3, 0.4) is 0 Å². The third-order valence-corrected chi connectivity index (χ3v) is 5.77. The van der Waals surface area contributed by atoms with Gasteiger partial charge in [-0.3, -0.25) is 0 Å². The van der Waals surface area contributed by atoms with Gasteiger partial charge in [0.2, 0.25) is 0 Å². The van der Waals surface area contributed by atoms with Crippen molar-refractivity contribution in [2.45, 2.75) is 72.3 Å². The molecule has 0 radical (unpaired) electrons. The molecule has 0 bridgehead atoms.